The van der Waals surface area contributed by atoms with Crippen LogP contribution in [0, 0.1) is 5.82 Å². The summed E-state index contributed by atoms with van der Waals surface area (Å²) in [5, 5.41) is 10.7. The highest BCUT2D eigenvalue weighted by Gasteiger charge is 2.17. The lowest BCUT2D eigenvalue weighted by atomic mass is 10.2. The molecule has 142 valence electrons. The molecule has 11 heteroatoms. The maximum Gasteiger partial charge on any atom is 0.340 e. The number of esters is 1. The molecule has 0 unspecified atom stereocenters. The lowest BCUT2D eigenvalue weighted by molar-refractivity contribution is -0.125. The minimum Gasteiger partial charge on any atom is -0.452 e. The van der Waals surface area contributed by atoms with Gasteiger partial charge in [0.05, 0.1) is 16.8 Å². The van der Waals surface area contributed by atoms with Crippen molar-refractivity contribution in [3.63, 3.8) is 0 Å². The molecule has 3 rings (SSSR count). The van der Waals surface area contributed by atoms with Crippen molar-refractivity contribution >= 4 is 17.8 Å². The molecular formula is C17H13FN6O4. The third-order valence-corrected chi connectivity index (χ3v) is 3.49. The van der Waals surface area contributed by atoms with Crippen LogP contribution in [-0.4, -0.2) is 44.6 Å². The van der Waals surface area contributed by atoms with Gasteiger partial charge in [-0.15, -0.1) is 5.10 Å². The molecule has 1 aromatic heterocycles. The summed E-state index contributed by atoms with van der Waals surface area (Å²) < 4.78 is 19.7. The van der Waals surface area contributed by atoms with Crippen LogP contribution < -0.4 is 10.9 Å². The summed E-state index contributed by atoms with van der Waals surface area (Å²) in [5.41, 5.74) is 4.34. The number of ether oxygens (including phenoxy) is 1. The fraction of sp³-hybridized carbons (Fsp3) is 0.0588. The lowest BCUT2D eigenvalue weighted by Gasteiger charge is -2.10. The van der Waals surface area contributed by atoms with E-state index in [9.17, 15) is 18.8 Å². The largest absolute Gasteiger partial charge is 0.452 e. The number of nitrogens with zero attached hydrogens (tertiary/aromatic N) is 4. The molecule has 28 heavy (non-hydrogen) atoms. The summed E-state index contributed by atoms with van der Waals surface area (Å²) in [4.78, 5) is 35.8. The van der Waals surface area contributed by atoms with E-state index in [-0.39, 0.29) is 11.1 Å². The second kappa shape index (κ2) is 8.49. The number of rotatable bonds is 5. The molecule has 2 amide bonds. The van der Waals surface area contributed by atoms with E-state index in [0.29, 0.717) is 5.69 Å². The topological polar surface area (TPSA) is 128 Å². The Morgan fingerprint density at radius 1 is 1.00 bits per heavy atom. The summed E-state index contributed by atoms with van der Waals surface area (Å²) in [6.45, 7) is -0.666. The summed E-state index contributed by atoms with van der Waals surface area (Å²) >= 11 is 0. The van der Waals surface area contributed by atoms with E-state index in [1.165, 1.54) is 35.3 Å². The zero-order valence-corrected chi connectivity index (χ0v) is 14.2. The Hall–Kier alpha value is -4.15. The predicted molar refractivity (Wildman–Crippen MR) is 91.4 cm³/mol. The van der Waals surface area contributed by atoms with Gasteiger partial charge in [-0.05, 0) is 34.7 Å². The quantitative estimate of drug-likeness (QED) is 0.482. The van der Waals surface area contributed by atoms with Crippen molar-refractivity contribution in [2.75, 3.05) is 6.61 Å². The summed E-state index contributed by atoms with van der Waals surface area (Å²) in [6.07, 6.45) is 1.30. The van der Waals surface area contributed by atoms with Crippen LogP contribution in [0.4, 0.5) is 4.39 Å². The Labute approximate surface area is 157 Å². The van der Waals surface area contributed by atoms with Crippen molar-refractivity contribution in [2.45, 2.75) is 0 Å². The van der Waals surface area contributed by atoms with Gasteiger partial charge in [-0.1, -0.05) is 24.3 Å². The standard InChI is InChI=1S/C17H13FN6O4/c18-13-7-3-1-5-11(13)16(26)21-20-15(25)9-28-17(27)12-6-2-4-8-14(12)24-10-19-22-23-24/h1-8,10H,9H2,(H,20,25)(H,21,26). The normalized spacial score (nSPS) is 10.2. The minimum absolute atomic E-state index is 0.137. The van der Waals surface area contributed by atoms with Gasteiger partial charge in [-0.2, -0.15) is 4.68 Å². The third-order valence-electron chi connectivity index (χ3n) is 3.49. The van der Waals surface area contributed by atoms with Crippen LogP contribution in [0.2, 0.25) is 0 Å². The van der Waals surface area contributed by atoms with Crippen molar-refractivity contribution in [2.24, 2.45) is 0 Å². The summed E-state index contributed by atoms with van der Waals surface area (Å²) in [6, 6.07) is 11.6. The Bertz CT molecular complexity index is 1010. The zero-order valence-electron chi connectivity index (χ0n) is 14.2. The second-order valence-corrected chi connectivity index (χ2v) is 5.33. The number of hydrogen-bond donors (Lipinski definition) is 2. The van der Waals surface area contributed by atoms with Gasteiger partial charge >= 0.3 is 5.97 Å². The second-order valence-electron chi connectivity index (χ2n) is 5.33. The molecule has 2 aromatic carbocycles. The molecule has 0 fully saturated rings. The third kappa shape index (κ3) is 4.33. The summed E-state index contributed by atoms with van der Waals surface area (Å²) in [5.74, 6) is -3.18. The number of nitrogens with one attached hydrogen (secondary N) is 2. The van der Waals surface area contributed by atoms with Crippen molar-refractivity contribution in [1.82, 2.24) is 31.1 Å². The van der Waals surface area contributed by atoms with Crippen LogP contribution in [0.25, 0.3) is 5.69 Å². The molecule has 0 aliphatic heterocycles. The highest BCUT2D eigenvalue weighted by atomic mass is 19.1. The molecule has 0 aliphatic carbocycles. The van der Waals surface area contributed by atoms with Gasteiger partial charge in [0, 0.05) is 0 Å². The van der Waals surface area contributed by atoms with E-state index >= 15 is 0 Å². The van der Waals surface area contributed by atoms with Crippen molar-refractivity contribution in [3.8, 4) is 5.69 Å². The van der Waals surface area contributed by atoms with Crippen LogP contribution >= 0.6 is 0 Å². The fourth-order valence-corrected chi connectivity index (χ4v) is 2.20. The van der Waals surface area contributed by atoms with E-state index < -0.39 is 30.2 Å². The average Bonchev–Trinajstić information content (AvgIpc) is 3.25. The van der Waals surface area contributed by atoms with Crippen LogP contribution in [0.5, 0.6) is 0 Å². The maximum absolute atomic E-state index is 13.5. The van der Waals surface area contributed by atoms with Gasteiger partial charge in [0.15, 0.2) is 6.61 Å². The molecule has 0 aliphatic rings. The maximum atomic E-state index is 13.5. The lowest BCUT2D eigenvalue weighted by Crippen LogP contribution is -2.43. The molecule has 0 bridgehead atoms. The van der Waals surface area contributed by atoms with Crippen LogP contribution in [0.1, 0.15) is 20.7 Å². The highest BCUT2D eigenvalue weighted by Crippen LogP contribution is 2.13. The number of carbonyl (C=O) groups excluding carboxylic acids is 3. The Morgan fingerprint density at radius 2 is 1.71 bits per heavy atom. The molecule has 3 aromatic rings. The molecular weight excluding hydrogens is 371 g/mol. The van der Waals surface area contributed by atoms with Crippen LogP contribution in [-0.2, 0) is 9.53 Å². The van der Waals surface area contributed by atoms with Gasteiger partial charge in [-0.3, -0.25) is 20.4 Å². The number of para-hydroxylation sites is 1. The van der Waals surface area contributed by atoms with Crippen molar-refractivity contribution in [3.05, 3.63) is 71.8 Å². The van der Waals surface area contributed by atoms with Gasteiger partial charge in [0.1, 0.15) is 12.1 Å². The highest BCUT2D eigenvalue weighted by molar-refractivity contribution is 5.97. The molecule has 0 spiro atoms. The predicted octanol–water partition coefficient (Wildman–Crippen LogP) is 0.419. The smallest absolute Gasteiger partial charge is 0.340 e. The van der Waals surface area contributed by atoms with Crippen molar-refractivity contribution < 1.29 is 23.5 Å². The number of hydrazine groups is 1. The zero-order chi connectivity index (χ0) is 19.9. The first kappa shape index (κ1) is 18.6. The van der Waals surface area contributed by atoms with E-state index in [4.69, 9.17) is 4.74 Å². The molecule has 0 saturated heterocycles. The van der Waals surface area contributed by atoms with E-state index in [1.54, 1.807) is 18.2 Å². The monoisotopic (exact) mass is 384 g/mol. The Morgan fingerprint density at radius 3 is 2.43 bits per heavy atom. The van der Waals surface area contributed by atoms with Gasteiger partial charge in [-0.25, -0.2) is 9.18 Å². The average molecular weight is 384 g/mol. The fourth-order valence-electron chi connectivity index (χ4n) is 2.20. The van der Waals surface area contributed by atoms with Gasteiger partial charge in [0.2, 0.25) is 0 Å². The minimum atomic E-state index is -0.846. The molecule has 0 atom stereocenters. The number of halogens is 1. The van der Waals surface area contributed by atoms with E-state index in [0.717, 1.165) is 6.07 Å². The number of amides is 2. The number of carbonyl (C=O) groups is 3. The van der Waals surface area contributed by atoms with E-state index in [1.807, 2.05) is 10.9 Å². The van der Waals surface area contributed by atoms with Crippen LogP contribution in [0.15, 0.2) is 54.9 Å². The Balaban J connectivity index is 1.55. The first-order chi connectivity index (χ1) is 13.6. The van der Waals surface area contributed by atoms with Gasteiger partial charge in [0.25, 0.3) is 11.8 Å². The van der Waals surface area contributed by atoms with Crippen molar-refractivity contribution in [1.29, 1.82) is 0 Å². The molecule has 0 saturated carbocycles. The first-order valence-corrected chi connectivity index (χ1v) is 7.89. The number of benzene rings is 2. The summed E-state index contributed by atoms with van der Waals surface area (Å²) in [7, 11) is 0. The molecule has 2 N–H and O–H groups in total. The Kier molecular flexibility index (Phi) is 5.65. The van der Waals surface area contributed by atoms with Gasteiger partial charge < -0.3 is 4.74 Å². The van der Waals surface area contributed by atoms with E-state index in [2.05, 4.69) is 15.5 Å². The molecule has 0 radical (unpaired) electrons. The number of hydrogen-bond acceptors (Lipinski definition) is 7. The molecule has 10 nitrogen and oxygen atoms in total. The first-order valence-electron chi connectivity index (χ1n) is 7.89. The SMILES string of the molecule is O=C(COC(=O)c1ccccc1-n1cnnn1)NNC(=O)c1ccccc1F. The number of tetrazole rings is 1. The number of aromatic nitrogens is 4. The molecule has 1 heterocycles. The van der Waals surface area contributed by atoms with Crippen LogP contribution in [0.3, 0.4) is 0 Å².